The molecule has 37 heavy (non-hydrogen) atoms. The van der Waals surface area contributed by atoms with Gasteiger partial charge >= 0.3 is 5.97 Å². The SMILES string of the molecule is C#N.O=C(Nc1ncnn2c(C3CCC(CO)O3)ccc12)c1ccccc1.O=C(O)Cc1ccccc1. The highest BCUT2D eigenvalue weighted by atomic mass is 16.5. The average Bonchev–Trinajstić information content (AvgIpc) is 3.58. The minimum atomic E-state index is -0.786. The third-order valence-electron chi connectivity index (χ3n) is 5.59. The molecular weight excluding hydrogens is 474 g/mol. The lowest BCUT2D eigenvalue weighted by Gasteiger charge is -2.12. The van der Waals surface area contributed by atoms with Gasteiger partial charge in [0.15, 0.2) is 5.82 Å². The number of nitriles is 1. The van der Waals surface area contributed by atoms with Gasteiger partial charge < -0.3 is 20.3 Å². The number of anilines is 1. The Balaban J connectivity index is 0.000000266. The molecule has 1 aliphatic heterocycles. The van der Waals surface area contributed by atoms with E-state index in [0.717, 1.165) is 24.1 Å². The summed E-state index contributed by atoms with van der Waals surface area (Å²) >= 11 is 0. The molecule has 1 amide bonds. The summed E-state index contributed by atoms with van der Waals surface area (Å²) in [5.74, 6) is -0.556. The maximum Gasteiger partial charge on any atom is 0.307 e. The second-order valence-corrected chi connectivity index (χ2v) is 8.05. The molecule has 5 rings (SSSR count). The minimum absolute atomic E-state index is 0.0210. The van der Waals surface area contributed by atoms with Gasteiger partial charge in [-0.05, 0) is 42.7 Å². The molecule has 1 fully saturated rings. The quantitative estimate of drug-likeness (QED) is 0.362. The van der Waals surface area contributed by atoms with Gasteiger partial charge in [0.25, 0.3) is 5.91 Å². The Hall–Kier alpha value is -4.59. The van der Waals surface area contributed by atoms with E-state index in [1.807, 2.05) is 48.5 Å². The maximum atomic E-state index is 12.4. The zero-order valence-corrected chi connectivity index (χ0v) is 20.0. The van der Waals surface area contributed by atoms with Crippen LogP contribution in [0.1, 0.15) is 40.6 Å². The molecule has 0 radical (unpaired) electrons. The Morgan fingerprint density at radius 3 is 2.32 bits per heavy atom. The van der Waals surface area contributed by atoms with Crippen molar-refractivity contribution in [1.29, 1.82) is 5.26 Å². The normalized spacial score (nSPS) is 16.1. The van der Waals surface area contributed by atoms with Crippen molar-refractivity contribution in [2.45, 2.75) is 31.5 Å². The molecule has 1 saturated heterocycles. The smallest absolute Gasteiger partial charge is 0.307 e. The number of aliphatic hydroxyl groups excluding tert-OH is 1. The van der Waals surface area contributed by atoms with Crippen LogP contribution in [0.5, 0.6) is 0 Å². The van der Waals surface area contributed by atoms with Crippen LogP contribution in [0.15, 0.2) is 79.1 Å². The zero-order valence-electron chi connectivity index (χ0n) is 20.0. The molecule has 3 N–H and O–H groups in total. The molecule has 10 nitrogen and oxygen atoms in total. The van der Waals surface area contributed by atoms with Gasteiger partial charge in [0.1, 0.15) is 17.9 Å². The van der Waals surface area contributed by atoms with Gasteiger partial charge in [-0.2, -0.15) is 5.10 Å². The van der Waals surface area contributed by atoms with Crippen molar-refractivity contribution in [2.75, 3.05) is 11.9 Å². The Labute approximate surface area is 213 Å². The summed E-state index contributed by atoms with van der Waals surface area (Å²) < 4.78 is 7.57. The van der Waals surface area contributed by atoms with E-state index in [-0.39, 0.29) is 31.1 Å². The van der Waals surface area contributed by atoms with Crippen LogP contribution in [0.2, 0.25) is 0 Å². The number of carbonyl (C=O) groups is 2. The number of rotatable bonds is 6. The molecule has 190 valence electrons. The highest BCUT2D eigenvalue weighted by molar-refractivity contribution is 6.05. The molecule has 2 atom stereocenters. The van der Waals surface area contributed by atoms with E-state index in [4.69, 9.17) is 15.1 Å². The van der Waals surface area contributed by atoms with Crippen molar-refractivity contribution in [3.05, 3.63) is 95.9 Å². The number of aliphatic carboxylic acids is 1. The van der Waals surface area contributed by atoms with Crippen LogP contribution < -0.4 is 5.32 Å². The Morgan fingerprint density at radius 2 is 1.70 bits per heavy atom. The third kappa shape index (κ3) is 7.20. The van der Waals surface area contributed by atoms with Crippen LogP contribution in [-0.2, 0) is 16.0 Å². The summed E-state index contributed by atoms with van der Waals surface area (Å²) in [6.07, 6.45) is 2.92. The van der Waals surface area contributed by atoms with E-state index in [2.05, 4.69) is 22.0 Å². The van der Waals surface area contributed by atoms with Crippen LogP contribution in [0.4, 0.5) is 5.82 Å². The second-order valence-electron chi connectivity index (χ2n) is 8.05. The molecular formula is C27H27N5O5. The summed E-state index contributed by atoms with van der Waals surface area (Å²) in [6.45, 7) is 3.52. The summed E-state index contributed by atoms with van der Waals surface area (Å²) in [7, 11) is 0. The molecule has 1 aliphatic rings. The topological polar surface area (TPSA) is 150 Å². The Bertz CT molecular complexity index is 1320. The number of carbonyl (C=O) groups excluding carboxylic acids is 1. The summed E-state index contributed by atoms with van der Waals surface area (Å²) in [6, 6.07) is 21.9. The number of carboxylic acid groups (broad SMARTS) is 1. The van der Waals surface area contributed by atoms with Crippen molar-refractivity contribution in [3.63, 3.8) is 0 Å². The fourth-order valence-corrected chi connectivity index (χ4v) is 3.89. The predicted octanol–water partition coefficient (Wildman–Crippen LogP) is 3.65. The number of hydrogen-bond donors (Lipinski definition) is 3. The number of nitrogens with one attached hydrogen (secondary N) is 1. The lowest BCUT2D eigenvalue weighted by atomic mass is 10.1. The van der Waals surface area contributed by atoms with Gasteiger partial charge in [0.2, 0.25) is 0 Å². The first-order valence-electron chi connectivity index (χ1n) is 11.5. The van der Waals surface area contributed by atoms with E-state index in [0.29, 0.717) is 16.9 Å². The highest BCUT2D eigenvalue weighted by Gasteiger charge is 2.28. The Kier molecular flexibility index (Phi) is 9.84. The third-order valence-corrected chi connectivity index (χ3v) is 5.59. The van der Waals surface area contributed by atoms with E-state index in [1.165, 1.54) is 6.33 Å². The number of carboxylic acids is 1. The summed E-state index contributed by atoms with van der Waals surface area (Å²) in [5, 5.41) is 31.2. The van der Waals surface area contributed by atoms with E-state index in [9.17, 15) is 14.7 Å². The van der Waals surface area contributed by atoms with E-state index in [1.54, 1.807) is 28.8 Å². The fourth-order valence-electron chi connectivity index (χ4n) is 3.89. The molecule has 2 aromatic carbocycles. The first-order valence-corrected chi connectivity index (χ1v) is 11.5. The molecule has 0 spiro atoms. The lowest BCUT2D eigenvalue weighted by molar-refractivity contribution is -0.136. The van der Waals surface area contributed by atoms with Crippen LogP contribution in [0.3, 0.4) is 0 Å². The fraction of sp³-hybridized carbons (Fsp3) is 0.222. The standard InChI is InChI=1S/C18H18N4O3.C8H8O2.CHN/c23-10-13-6-9-16(25-13)14-7-8-15-17(19-11-20-22(14)15)21-18(24)12-4-2-1-3-5-12;9-8(10)6-7-4-2-1-3-5-7;1-2/h1-5,7-8,11,13,16,23H,6,9-10H2,(H,19,20,21,24);1-5H,6H2,(H,9,10);1H. The average molecular weight is 502 g/mol. The predicted molar refractivity (Wildman–Crippen MR) is 136 cm³/mol. The number of fused-ring (bicyclic) bond motifs is 1. The number of aliphatic hydroxyl groups is 1. The number of benzene rings is 2. The maximum absolute atomic E-state index is 12.4. The number of hydrogen-bond acceptors (Lipinski definition) is 7. The number of ether oxygens (including phenoxy) is 1. The monoisotopic (exact) mass is 501 g/mol. The van der Waals surface area contributed by atoms with E-state index >= 15 is 0 Å². The second kappa shape index (κ2) is 13.5. The largest absolute Gasteiger partial charge is 0.481 e. The van der Waals surface area contributed by atoms with Gasteiger partial charge in [-0.15, -0.1) is 0 Å². The highest BCUT2D eigenvalue weighted by Crippen LogP contribution is 2.33. The van der Waals surface area contributed by atoms with Crippen molar-refractivity contribution in [3.8, 4) is 6.57 Å². The molecule has 10 heteroatoms. The Morgan fingerprint density at radius 1 is 1.03 bits per heavy atom. The molecule has 0 bridgehead atoms. The first-order chi connectivity index (χ1) is 18.0. The van der Waals surface area contributed by atoms with Gasteiger partial charge in [-0.3, -0.25) is 9.59 Å². The van der Waals surface area contributed by atoms with Crippen molar-refractivity contribution in [1.82, 2.24) is 14.6 Å². The van der Waals surface area contributed by atoms with Crippen molar-refractivity contribution >= 4 is 23.2 Å². The first kappa shape index (κ1) is 27.0. The van der Waals surface area contributed by atoms with Gasteiger partial charge in [0, 0.05) is 12.1 Å². The summed E-state index contributed by atoms with van der Waals surface area (Å²) in [5.41, 5.74) is 3.01. The van der Waals surface area contributed by atoms with Gasteiger partial charge in [-0.1, -0.05) is 48.5 Å². The van der Waals surface area contributed by atoms with Gasteiger partial charge in [-0.25, -0.2) is 14.8 Å². The molecule has 2 aromatic heterocycles. The molecule has 3 heterocycles. The summed E-state index contributed by atoms with van der Waals surface area (Å²) in [4.78, 5) is 26.7. The molecule has 0 aliphatic carbocycles. The molecule has 0 saturated carbocycles. The van der Waals surface area contributed by atoms with Crippen molar-refractivity contribution in [2.24, 2.45) is 0 Å². The molecule has 4 aromatic rings. The van der Waals surface area contributed by atoms with Crippen molar-refractivity contribution < 1.29 is 24.5 Å². The number of nitrogens with zero attached hydrogens (tertiary/aromatic N) is 4. The van der Waals surface area contributed by atoms with E-state index < -0.39 is 5.97 Å². The van der Waals surface area contributed by atoms with Crippen LogP contribution in [0, 0.1) is 11.8 Å². The number of aromatic nitrogens is 3. The van der Waals surface area contributed by atoms with Crippen LogP contribution >= 0.6 is 0 Å². The van der Waals surface area contributed by atoms with Crippen LogP contribution in [0.25, 0.3) is 5.52 Å². The van der Waals surface area contributed by atoms with Crippen LogP contribution in [-0.4, -0.2) is 49.4 Å². The number of amides is 1. The minimum Gasteiger partial charge on any atom is -0.481 e. The van der Waals surface area contributed by atoms with Gasteiger partial charge in [0.05, 0.1) is 24.8 Å². The zero-order chi connectivity index (χ0) is 26.6. The molecule has 2 unspecified atom stereocenters. The lowest BCUT2D eigenvalue weighted by Crippen LogP contribution is -2.15.